The third kappa shape index (κ3) is 8.22. The zero-order valence-corrected chi connectivity index (χ0v) is 9.42. The lowest BCUT2D eigenvalue weighted by Crippen LogP contribution is -2.25. The van der Waals surface area contributed by atoms with Gasteiger partial charge in [0, 0.05) is 0 Å². The maximum Gasteiger partial charge on any atom is 0.150 e. The average Bonchev–Trinajstić information content (AvgIpc) is 2.03. The second kappa shape index (κ2) is 6.35. The van der Waals surface area contributed by atoms with Crippen LogP contribution in [-0.2, 0) is 14.2 Å². The van der Waals surface area contributed by atoms with E-state index in [4.69, 9.17) is 14.2 Å². The fraction of sp³-hybridized carbons (Fsp3) is 1.00. The first-order valence-corrected chi connectivity index (χ1v) is 4.81. The molecule has 3 heteroatoms. The van der Waals surface area contributed by atoms with Crippen LogP contribution in [0.4, 0.5) is 0 Å². The Labute approximate surface area is 81.4 Å². The summed E-state index contributed by atoms with van der Waals surface area (Å²) in [5.74, 6) is 0. The summed E-state index contributed by atoms with van der Waals surface area (Å²) >= 11 is 0. The molecule has 0 saturated heterocycles. The first-order valence-electron chi connectivity index (χ1n) is 4.81. The van der Waals surface area contributed by atoms with E-state index in [0.717, 1.165) is 6.42 Å². The second-order valence-corrected chi connectivity index (χ2v) is 3.91. The summed E-state index contributed by atoms with van der Waals surface area (Å²) in [6, 6.07) is 0. The first kappa shape index (κ1) is 12.9. The van der Waals surface area contributed by atoms with Crippen molar-refractivity contribution in [2.75, 3.05) is 13.6 Å². The quantitative estimate of drug-likeness (QED) is 0.456. The Bertz CT molecular complexity index is 121. The highest BCUT2D eigenvalue weighted by Gasteiger charge is 2.14. The van der Waals surface area contributed by atoms with Crippen LogP contribution in [0.2, 0.25) is 0 Å². The number of ether oxygens (including phenoxy) is 3. The van der Waals surface area contributed by atoms with Crippen molar-refractivity contribution in [2.45, 2.75) is 52.7 Å². The van der Waals surface area contributed by atoms with Crippen LogP contribution < -0.4 is 0 Å². The Morgan fingerprint density at radius 3 is 2.23 bits per heavy atom. The molecule has 0 aliphatic heterocycles. The Balaban J connectivity index is 3.26. The van der Waals surface area contributed by atoms with E-state index in [9.17, 15) is 0 Å². The lowest BCUT2D eigenvalue weighted by Gasteiger charge is -2.23. The fourth-order valence-electron chi connectivity index (χ4n) is 0.521. The lowest BCUT2D eigenvalue weighted by molar-refractivity contribution is -0.180. The van der Waals surface area contributed by atoms with Gasteiger partial charge in [-0.1, -0.05) is 6.92 Å². The van der Waals surface area contributed by atoms with E-state index in [2.05, 4.69) is 6.92 Å². The maximum absolute atomic E-state index is 5.46. The van der Waals surface area contributed by atoms with Crippen LogP contribution in [0.15, 0.2) is 0 Å². The van der Waals surface area contributed by atoms with Crippen molar-refractivity contribution < 1.29 is 14.2 Å². The van der Waals surface area contributed by atoms with Gasteiger partial charge in [0.2, 0.25) is 0 Å². The van der Waals surface area contributed by atoms with Crippen LogP contribution in [0.1, 0.15) is 41.0 Å². The van der Waals surface area contributed by atoms with Gasteiger partial charge >= 0.3 is 0 Å². The SMILES string of the molecule is CCC(C)(C)OCOCOC(C)C. The van der Waals surface area contributed by atoms with Crippen molar-refractivity contribution in [3.8, 4) is 0 Å². The first-order chi connectivity index (χ1) is 5.98. The molecular weight excluding hydrogens is 168 g/mol. The standard InChI is InChI=1S/C10H22O3/c1-6-10(4,5)13-8-11-7-12-9(2)3/h9H,6-8H2,1-5H3. The van der Waals surface area contributed by atoms with E-state index >= 15 is 0 Å². The highest BCUT2D eigenvalue weighted by atomic mass is 16.7. The van der Waals surface area contributed by atoms with Gasteiger partial charge < -0.3 is 14.2 Å². The fourth-order valence-corrected chi connectivity index (χ4v) is 0.521. The van der Waals surface area contributed by atoms with Gasteiger partial charge in [0.25, 0.3) is 0 Å². The number of hydrogen-bond donors (Lipinski definition) is 0. The van der Waals surface area contributed by atoms with Crippen LogP contribution in [0.25, 0.3) is 0 Å². The van der Waals surface area contributed by atoms with Crippen molar-refractivity contribution in [2.24, 2.45) is 0 Å². The number of hydrogen-bond acceptors (Lipinski definition) is 3. The minimum Gasteiger partial charge on any atom is -0.353 e. The van der Waals surface area contributed by atoms with Crippen molar-refractivity contribution in [1.29, 1.82) is 0 Å². The molecule has 0 saturated carbocycles. The summed E-state index contributed by atoms with van der Waals surface area (Å²) in [6.07, 6.45) is 1.18. The molecule has 0 fully saturated rings. The molecule has 0 amide bonds. The molecule has 80 valence electrons. The molecule has 0 aliphatic carbocycles. The zero-order valence-electron chi connectivity index (χ0n) is 9.42. The summed E-state index contributed by atoms with van der Waals surface area (Å²) in [5, 5.41) is 0. The van der Waals surface area contributed by atoms with Crippen molar-refractivity contribution in [1.82, 2.24) is 0 Å². The molecule has 0 atom stereocenters. The molecule has 13 heavy (non-hydrogen) atoms. The van der Waals surface area contributed by atoms with Gasteiger partial charge in [0.1, 0.15) is 13.6 Å². The highest BCUT2D eigenvalue weighted by Crippen LogP contribution is 2.12. The summed E-state index contributed by atoms with van der Waals surface area (Å²) in [5.41, 5.74) is -0.0994. The predicted octanol–water partition coefficient (Wildman–Crippen LogP) is 2.55. The molecule has 0 radical (unpaired) electrons. The van der Waals surface area contributed by atoms with E-state index in [1.165, 1.54) is 0 Å². The molecular formula is C10H22O3. The van der Waals surface area contributed by atoms with Gasteiger partial charge in [-0.2, -0.15) is 0 Å². The molecule has 0 aromatic rings. The topological polar surface area (TPSA) is 27.7 Å². The van der Waals surface area contributed by atoms with Crippen molar-refractivity contribution in [3.63, 3.8) is 0 Å². The Kier molecular flexibility index (Phi) is 6.29. The lowest BCUT2D eigenvalue weighted by atomic mass is 10.1. The Hall–Kier alpha value is -0.120. The molecule has 0 spiro atoms. The largest absolute Gasteiger partial charge is 0.353 e. The number of rotatable bonds is 7. The molecule has 0 bridgehead atoms. The molecule has 0 rings (SSSR count). The third-order valence-electron chi connectivity index (χ3n) is 1.87. The molecule has 3 nitrogen and oxygen atoms in total. The van der Waals surface area contributed by atoms with Crippen LogP contribution in [0.3, 0.4) is 0 Å². The molecule has 0 aromatic carbocycles. The second-order valence-electron chi connectivity index (χ2n) is 3.91. The normalized spacial score (nSPS) is 12.5. The minimum absolute atomic E-state index is 0.0994. The van der Waals surface area contributed by atoms with Gasteiger partial charge in [0.05, 0.1) is 11.7 Å². The molecule has 0 aromatic heterocycles. The van der Waals surface area contributed by atoms with E-state index in [-0.39, 0.29) is 11.7 Å². The maximum atomic E-state index is 5.46. The van der Waals surface area contributed by atoms with Gasteiger partial charge in [-0.15, -0.1) is 0 Å². The molecule has 0 unspecified atom stereocenters. The summed E-state index contributed by atoms with van der Waals surface area (Å²) in [6.45, 7) is 10.7. The average molecular weight is 190 g/mol. The van der Waals surface area contributed by atoms with Crippen molar-refractivity contribution in [3.05, 3.63) is 0 Å². The van der Waals surface area contributed by atoms with E-state index < -0.39 is 0 Å². The van der Waals surface area contributed by atoms with Crippen LogP contribution in [0.5, 0.6) is 0 Å². The Morgan fingerprint density at radius 1 is 1.15 bits per heavy atom. The van der Waals surface area contributed by atoms with E-state index in [0.29, 0.717) is 13.6 Å². The van der Waals surface area contributed by atoms with Crippen molar-refractivity contribution >= 4 is 0 Å². The van der Waals surface area contributed by atoms with Gasteiger partial charge in [-0.3, -0.25) is 0 Å². The van der Waals surface area contributed by atoms with E-state index in [1.54, 1.807) is 0 Å². The van der Waals surface area contributed by atoms with Crippen LogP contribution in [0, 0.1) is 0 Å². The summed E-state index contributed by atoms with van der Waals surface area (Å²) in [7, 11) is 0. The van der Waals surface area contributed by atoms with Crippen LogP contribution in [-0.4, -0.2) is 25.3 Å². The monoisotopic (exact) mass is 190 g/mol. The smallest absolute Gasteiger partial charge is 0.150 e. The predicted molar refractivity (Wildman–Crippen MR) is 52.5 cm³/mol. The molecule has 0 heterocycles. The summed E-state index contributed by atoms with van der Waals surface area (Å²) < 4.78 is 15.8. The van der Waals surface area contributed by atoms with Gasteiger partial charge in [-0.05, 0) is 34.1 Å². The van der Waals surface area contributed by atoms with Crippen LogP contribution >= 0.6 is 0 Å². The van der Waals surface area contributed by atoms with E-state index in [1.807, 2.05) is 27.7 Å². The van der Waals surface area contributed by atoms with Gasteiger partial charge in [-0.25, -0.2) is 0 Å². The highest BCUT2D eigenvalue weighted by molar-refractivity contribution is 4.63. The molecule has 0 aliphatic rings. The molecule has 0 N–H and O–H groups in total. The summed E-state index contributed by atoms with van der Waals surface area (Å²) in [4.78, 5) is 0. The third-order valence-corrected chi connectivity index (χ3v) is 1.87. The minimum atomic E-state index is -0.0994. The Morgan fingerprint density at radius 2 is 1.77 bits per heavy atom. The van der Waals surface area contributed by atoms with Gasteiger partial charge in [0.15, 0.2) is 0 Å². The zero-order chi connectivity index (χ0) is 10.3.